The topological polar surface area (TPSA) is 71.5 Å². The highest BCUT2D eigenvalue weighted by Crippen LogP contribution is 2.23. The number of ether oxygens (including phenoxy) is 1. The lowest BCUT2D eigenvalue weighted by atomic mass is 10.1. The summed E-state index contributed by atoms with van der Waals surface area (Å²) in [6.45, 7) is 1.28. The number of nitrogens with one attached hydrogen (secondary N) is 1. The normalized spacial score (nSPS) is 10.5. The molecule has 1 aromatic carbocycles. The molecule has 1 amide bonds. The van der Waals surface area contributed by atoms with Crippen molar-refractivity contribution in [3.63, 3.8) is 0 Å². The van der Waals surface area contributed by atoms with Gasteiger partial charge in [-0.25, -0.2) is 0 Å². The van der Waals surface area contributed by atoms with Crippen molar-refractivity contribution in [1.29, 1.82) is 0 Å². The number of halogens is 1. The Hall–Kier alpha value is -1.95. The Morgan fingerprint density at radius 1 is 1.26 bits per heavy atom. The first kappa shape index (κ1) is 17.4. The summed E-state index contributed by atoms with van der Waals surface area (Å²) in [6.07, 6.45) is 2.37. The van der Waals surface area contributed by atoms with Gasteiger partial charge >= 0.3 is 0 Å². The Labute approximate surface area is 140 Å². The van der Waals surface area contributed by atoms with Gasteiger partial charge in [-0.15, -0.1) is 0 Å². The number of rotatable bonds is 8. The van der Waals surface area contributed by atoms with Crippen molar-refractivity contribution in [1.82, 2.24) is 10.3 Å². The number of hydrogen-bond donors (Lipinski definition) is 2. The zero-order valence-corrected chi connectivity index (χ0v) is 13.4. The van der Waals surface area contributed by atoms with Crippen LogP contribution in [-0.2, 0) is 4.74 Å². The number of nitrogens with zero attached hydrogens (tertiary/aromatic N) is 1. The van der Waals surface area contributed by atoms with Gasteiger partial charge in [0, 0.05) is 24.9 Å². The summed E-state index contributed by atoms with van der Waals surface area (Å²) in [4.78, 5) is 16.5. The van der Waals surface area contributed by atoms with Crippen LogP contribution in [0.1, 0.15) is 16.8 Å². The monoisotopic (exact) mass is 334 g/mol. The van der Waals surface area contributed by atoms with Crippen LogP contribution >= 0.6 is 11.6 Å². The number of benzene rings is 1. The SMILES string of the molecule is O=C(NCCCOCCO)c1cc(-c2ccccn2)ccc1Cl. The van der Waals surface area contributed by atoms with Crippen LogP contribution in [0.3, 0.4) is 0 Å². The average Bonchev–Trinajstić information content (AvgIpc) is 2.59. The quantitative estimate of drug-likeness (QED) is 0.728. The molecule has 2 rings (SSSR count). The van der Waals surface area contributed by atoms with Crippen molar-refractivity contribution < 1.29 is 14.6 Å². The second kappa shape index (κ2) is 9.25. The maximum atomic E-state index is 12.2. The average molecular weight is 335 g/mol. The van der Waals surface area contributed by atoms with Crippen molar-refractivity contribution in [2.45, 2.75) is 6.42 Å². The predicted octanol–water partition coefficient (Wildman–Crippen LogP) is 2.53. The maximum Gasteiger partial charge on any atom is 0.252 e. The minimum absolute atomic E-state index is 0.00226. The lowest BCUT2D eigenvalue weighted by Gasteiger charge is -2.09. The maximum absolute atomic E-state index is 12.2. The Bertz CT molecular complexity index is 635. The van der Waals surface area contributed by atoms with Gasteiger partial charge in [-0.3, -0.25) is 9.78 Å². The molecule has 0 atom stereocenters. The first-order chi connectivity index (χ1) is 11.2. The number of aliphatic hydroxyl groups is 1. The van der Waals surface area contributed by atoms with Gasteiger partial charge in [0.2, 0.25) is 0 Å². The van der Waals surface area contributed by atoms with Crippen LogP contribution in [0.4, 0.5) is 0 Å². The van der Waals surface area contributed by atoms with E-state index in [-0.39, 0.29) is 12.5 Å². The predicted molar refractivity (Wildman–Crippen MR) is 89.5 cm³/mol. The van der Waals surface area contributed by atoms with Crippen LogP contribution in [0, 0.1) is 0 Å². The third kappa shape index (κ3) is 5.32. The van der Waals surface area contributed by atoms with Gasteiger partial charge in [0.25, 0.3) is 5.91 Å². The highest BCUT2D eigenvalue weighted by atomic mass is 35.5. The minimum Gasteiger partial charge on any atom is -0.394 e. The van der Waals surface area contributed by atoms with E-state index in [4.69, 9.17) is 21.4 Å². The summed E-state index contributed by atoms with van der Waals surface area (Å²) in [5, 5.41) is 11.8. The van der Waals surface area contributed by atoms with Crippen LogP contribution in [-0.4, -0.2) is 42.4 Å². The fourth-order valence-corrected chi connectivity index (χ4v) is 2.23. The van der Waals surface area contributed by atoms with E-state index in [0.29, 0.717) is 36.8 Å². The second-order valence-electron chi connectivity index (χ2n) is 4.86. The van der Waals surface area contributed by atoms with Gasteiger partial charge in [0.15, 0.2) is 0 Å². The number of carbonyl (C=O) groups is 1. The summed E-state index contributed by atoms with van der Waals surface area (Å²) in [5.74, 6) is -0.227. The molecule has 122 valence electrons. The molecule has 0 spiro atoms. The van der Waals surface area contributed by atoms with Gasteiger partial charge in [-0.05, 0) is 30.7 Å². The molecule has 0 fully saturated rings. The molecule has 0 bridgehead atoms. The molecule has 1 heterocycles. The van der Waals surface area contributed by atoms with Crippen LogP contribution in [0.5, 0.6) is 0 Å². The van der Waals surface area contributed by atoms with Crippen LogP contribution in [0.15, 0.2) is 42.6 Å². The first-order valence-electron chi connectivity index (χ1n) is 7.40. The van der Waals surface area contributed by atoms with Crippen molar-refractivity contribution >= 4 is 17.5 Å². The largest absolute Gasteiger partial charge is 0.394 e. The fraction of sp³-hybridized carbons (Fsp3) is 0.294. The summed E-state index contributed by atoms with van der Waals surface area (Å²) < 4.78 is 5.14. The van der Waals surface area contributed by atoms with Gasteiger partial charge in [-0.1, -0.05) is 23.7 Å². The third-order valence-electron chi connectivity index (χ3n) is 3.16. The molecule has 23 heavy (non-hydrogen) atoms. The molecular formula is C17H19ClN2O3. The molecule has 0 radical (unpaired) electrons. The smallest absolute Gasteiger partial charge is 0.252 e. The summed E-state index contributed by atoms with van der Waals surface area (Å²) in [6, 6.07) is 10.9. The van der Waals surface area contributed by atoms with Crippen LogP contribution in [0.2, 0.25) is 5.02 Å². The van der Waals surface area contributed by atoms with E-state index in [9.17, 15) is 4.79 Å². The Balaban J connectivity index is 1.97. The molecule has 0 aliphatic rings. The Morgan fingerprint density at radius 2 is 2.13 bits per heavy atom. The number of amides is 1. The van der Waals surface area contributed by atoms with E-state index in [2.05, 4.69) is 10.3 Å². The summed E-state index contributed by atoms with van der Waals surface area (Å²) in [7, 11) is 0. The van der Waals surface area contributed by atoms with Gasteiger partial charge in [0.05, 0.1) is 29.5 Å². The summed E-state index contributed by atoms with van der Waals surface area (Å²) in [5.41, 5.74) is 2.05. The number of aliphatic hydroxyl groups excluding tert-OH is 1. The molecule has 0 unspecified atom stereocenters. The van der Waals surface area contributed by atoms with Gasteiger partial charge < -0.3 is 15.2 Å². The van der Waals surface area contributed by atoms with E-state index >= 15 is 0 Å². The summed E-state index contributed by atoms with van der Waals surface area (Å²) >= 11 is 6.13. The third-order valence-corrected chi connectivity index (χ3v) is 3.49. The molecule has 0 saturated carbocycles. The number of hydrogen-bond acceptors (Lipinski definition) is 4. The molecule has 0 aliphatic carbocycles. The van der Waals surface area contributed by atoms with E-state index in [0.717, 1.165) is 11.3 Å². The Morgan fingerprint density at radius 3 is 2.87 bits per heavy atom. The highest BCUT2D eigenvalue weighted by molar-refractivity contribution is 6.34. The van der Waals surface area contributed by atoms with E-state index in [1.807, 2.05) is 24.3 Å². The minimum atomic E-state index is -0.227. The van der Waals surface area contributed by atoms with E-state index < -0.39 is 0 Å². The Kier molecular flexibility index (Phi) is 7.00. The standard InChI is InChI=1S/C17H19ClN2O3/c18-15-6-5-13(16-4-1-2-7-19-16)12-14(15)17(22)20-8-3-10-23-11-9-21/h1-2,4-7,12,21H,3,8-11H2,(H,20,22). The molecular weight excluding hydrogens is 316 g/mol. The van der Waals surface area contributed by atoms with Crippen molar-refractivity contribution in [3.05, 3.63) is 53.2 Å². The molecule has 0 aliphatic heterocycles. The molecule has 2 aromatic rings. The zero-order valence-electron chi connectivity index (χ0n) is 12.7. The lowest BCUT2D eigenvalue weighted by Crippen LogP contribution is -2.25. The van der Waals surface area contributed by atoms with Crippen molar-refractivity contribution in [2.75, 3.05) is 26.4 Å². The van der Waals surface area contributed by atoms with E-state index in [1.54, 1.807) is 18.3 Å². The first-order valence-corrected chi connectivity index (χ1v) is 7.78. The molecule has 1 aromatic heterocycles. The second-order valence-corrected chi connectivity index (χ2v) is 5.26. The van der Waals surface area contributed by atoms with Crippen molar-refractivity contribution in [2.24, 2.45) is 0 Å². The van der Waals surface area contributed by atoms with Crippen LogP contribution < -0.4 is 5.32 Å². The lowest BCUT2D eigenvalue weighted by molar-refractivity contribution is 0.0867. The molecule has 2 N–H and O–H groups in total. The molecule has 6 heteroatoms. The van der Waals surface area contributed by atoms with Crippen LogP contribution in [0.25, 0.3) is 11.3 Å². The van der Waals surface area contributed by atoms with E-state index in [1.165, 1.54) is 0 Å². The van der Waals surface area contributed by atoms with Crippen molar-refractivity contribution in [3.8, 4) is 11.3 Å². The number of carbonyl (C=O) groups excluding carboxylic acids is 1. The fourth-order valence-electron chi connectivity index (χ4n) is 2.03. The van der Waals surface area contributed by atoms with Gasteiger partial charge in [0.1, 0.15) is 0 Å². The van der Waals surface area contributed by atoms with Gasteiger partial charge in [-0.2, -0.15) is 0 Å². The molecule has 5 nitrogen and oxygen atoms in total. The molecule has 0 saturated heterocycles. The number of pyridine rings is 1. The zero-order chi connectivity index (χ0) is 16.5. The number of aromatic nitrogens is 1. The highest BCUT2D eigenvalue weighted by Gasteiger charge is 2.12.